The van der Waals surface area contributed by atoms with E-state index in [0.717, 1.165) is 12.1 Å². The Balaban J connectivity index is 1.78. The van der Waals surface area contributed by atoms with E-state index in [1.807, 2.05) is 39.0 Å². The van der Waals surface area contributed by atoms with E-state index >= 15 is 0 Å². The zero-order valence-corrected chi connectivity index (χ0v) is 17.4. The third kappa shape index (κ3) is 4.50. The molecule has 2 heterocycles. The third-order valence-electron chi connectivity index (χ3n) is 4.97. The van der Waals surface area contributed by atoms with Crippen molar-refractivity contribution >= 4 is 22.9 Å². The predicted octanol–water partition coefficient (Wildman–Crippen LogP) is 3.48. The van der Waals surface area contributed by atoms with Gasteiger partial charge in [0.05, 0.1) is 12.0 Å². The summed E-state index contributed by atoms with van der Waals surface area (Å²) in [5.41, 5.74) is 1.46. The number of nitrogens with zero attached hydrogens (tertiary/aromatic N) is 1. The Labute approximate surface area is 169 Å². The molecule has 2 aliphatic heterocycles. The van der Waals surface area contributed by atoms with Crippen molar-refractivity contribution in [1.29, 1.82) is 0 Å². The monoisotopic (exact) mass is 401 g/mol. The lowest BCUT2D eigenvalue weighted by Gasteiger charge is -2.26. The largest absolute Gasteiger partial charge is 0.611 e. The normalized spacial score (nSPS) is 22.5. The second-order valence-corrected chi connectivity index (χ2v) is 9.09. The molecule has 5 nitrogen and oxygen atoms in total. The number of ether oxygens (including phenoxy) is 1. The molecule has 0 amide bonds. The summed E-state index contributed by atoms with van der Waals surface area (Å²) < 4.78 is 17.4. The second kappa shape index (κ2) is 8.97. The molecule has 0 spiro atoms. The molecule has 0 fully saturated rings. The zero-order valence-electron chi connectivity index (χ0n) is 16.6. The minimum Gasteiger partial charge on any atom is -0.611 e. The quantitative estimate of drug-likeness (QED) is 0.415. The summed E-state index contributed by atoms with van der Waals surface area (Å²) in [6.45, 7) is 6.26. The maximum atomic E-state index is 13.1. The van der Waals surface area contributed by atoms with Crippen LogP contribution in [0.15, 0.2) is 53.1 Å². The Morgan fingerprint density at radius 2 is 2.14 bits per heavy atom. The summed E-state index contributed by atoms with van der Waals surface area (Å²) in [5, 5.41) is 0. The molecule has 3 atom stereocenters. The molecule has 0 aliphatic carbocycles. The fourth-order valence-corrected chi connectivity index (χ4v) is 4.43. The molecule has 0 aromatic heterocycles. The maximum Gasteiger partial charge on any atom is 0.313 e. The van der Waals surface area contributed by atoms with Gasteiger partial charge in [0.25, 0.3) is 0 Å². The van der Waals surface area contributed by atoms with Crippen LogP contribution >= 0.6 is 0 Å². The molecule has 0 saturated carbocycles. The molecule has 0 radical (unpaired) electrons. The van der Waals surface area contributed by atoms with Crippen LogP contribution in [0.1, 0.15) is 44.0 Å². The van der Waals surface area contributed by atoms with Crippen molar-refractivity contribution in [2.45, 2.75) is 50.7 Å². The lowest BCUT2D eigenvalue weighted by atomic mass is 10.0. The first-order valence-corrected chi connectivity index (χ1v) is 11.1. The van der Waals surface area contributed by atoms with Crippen LogP contribution in [0.5, 0.6) is 0 Å². The molecule has 28 heavy (non-hydrogen) atoms. The van der Waals surface area contributed by atoms with Crippen molar-refractivity contribution in [2.75, 3.05) is 12.3 Å². The van der Waals surface area contributed by atoms with Crippen molar-refractivity contribution in [3.63, 3.8) is 0 Å². The van der Waals surface area contributed by atoms with Crippen molar-refractivity contribution in [2.24, 2.45) is 5.92 Å². The van der Waals surface area contributed by atoms with E-state index in [4.69, 9.17) is 4.74 Å². The Hall–Kier alpha value is -2.05. The Kier molecular flexibility index (Phi) is 6.62. The molecule has 1 aromatic carbocycles. The lowest BCUT2D eigenvalue weighted by molar-refractivity contribution is -0.150. The average molecular weight is 402 g/mol. The number of benzene rings is 1. The molecular weight excluding hydrogens is 374 g/mol. The van der Waals surface area contributed by atoms with Gasteiger partial charge in [-0.05, 0) is 63.0 Å². The van der Waals surface area contributed by atoms with Crippen LogP contribution in [-0.2, 0) is 20.7 Å². The van der Waals surface area contributed by atoms with Gasteiger partial charge in [0.1, 0.15) is 11.8 Å². The van der Waals surface area contributed by atoms with Crippen LogP contribution in [0.2, 0.25) is 0 Å². The van der Waals surface area contributed by atoms with Gasteiger partial charge < -0.3 is 14.2 Å². The highest BCUT2D eigenvalue weighted by Crippen LogP contribution is 2.30. The molecule has 0 bridgehead atoms. The maximum absolute atomic E-state index is 13.1. The summed E-state index contributed by atoms with van der Waals surface area (Å²) >= 11 is -1.09. The van der Waals surface area contributed by atoms with E-state index in [-0.39, 0.29) is 23.8 Å². The van der Waals surface area contributed by atoms with Gasteiger partial charge in [-0.1, -0.05) is 18.2 Å². The summed E-state index contributed by atoms with van der Waals surface area (Å²) in [6, 6.07) is 6.69. The summed E-state index contributed by atoms with van der Waals surface area (Å²) in [4.78, 5) is 28.2. The van der Waals surface area contributed by atoms with E-state index in [1.165, 1.54) is 0 Å². The second-order valence-electron chi connectivity index (χ2n) is 7.35. The number of fused-ring (bicyclic) bond motifs is 1. The van der Waals surface area contributed by atoms with Gasteiger partial charge in [0.2, 0.25) is 0 Å². The van der Waals surface area contributed by atoms with Gasteiger partial charge in [-0.25, -0.2) is 0 Å². The fraction of sp³-hybridized carbons (Fsp3) is 0.455. The number of rotatable bonds is 6. The number of allylic oxidation sites excluding steroid dienone is 1. The fourth-order valence-electron chi connectivity index (χ4n) is 3.60. The molecule has 2 aliphatic rings. The number of hydrogen-bond acceptors (Lipinski definition) is 5. The summed E-state index contributed by atoms with van der Waals surface area (Å²) in [5.74, 6) is 0.0182. The van der Waals surface area contributed by atoms with Gasteiger partial charge in [-0.15, -0.1) is 0 Å². The van der Waals surface area contributed by atoms with Crippen molar-refractivity contribution < 1.29 is 18.9 Å². The third-order valence-corrected chi connectivity index (χ3v) is 6.27. The van der Waals surface area contributed by atoms with Gasteiger partial charge in [0, 0.05) is 23.9 Å². The van der Waals surface area contributed by atoms with Gasteiger partial charge in [-0.2, -0.15) is 0 Å². The SMILES string of the molecule is CC[S+]([O-])c1cccc(C(=O)C2C=CC3=CC(C(=O)OC(C)C)CCCN32)c1. The Morgan fingerprint density at radius 3 is 2.86 bits per heavy atom. The minimum atomic E-state index is -1.09. The molecule has 3 unspecified atom stereocenters. The molecule has 3 rings (SSSR count). The highest BCUT2D eigenvalue weighted by Gasteiger charge is 2.33. The highest BCUT2D eigenvalue weighted by atomic mass is 32.2. The molecule has 1 aromatic rings. The van der Waals surface area contributed by atoms with E-state index in [9.17, 15) is 14.1 Å². The van der Waals surface area contributed by atoms with E-state index in [1.54, 1.807) is 24.3 Å². The van der Waals surface area contributed by atoms with Crippen LogP contribution in [-0.4, -0.2) is 45.6 Å². The first-order chi connectivity index (χ1) is 13.4. The average Bonchev–Trinajstić information content (AvgIpc) is 2.95. The minimum absolute atomic E-state index is 0.0159. The number of carbonyl (C=O) groups excluding carboxylic acids is 2. The predicted molar refractivity (Wildman–Crippen MR) is 109 cm³/mol. The lowest BCUT2D eigenvalue weighted by Crippen LogP contribution is -2.36. The summed E-state index contributed by atoms with van der Waals surface area (Å²) in [6.07, 6.45) is 7.10. The van der Waals surface area contributed by atoms with Crippen LogP contribution in [0.25, 0.3) is 0 Å². The molecule has 0 saturated heterocycles. The zero-order chi connectivity index (χ0) is 20.3. The van der Waals surface area contributed by atoms with Crippen molar-refractivity contribution in [3.05, 3.63) is 53.8 Å². The molecule has 6 heteroatoms. The number of ketones is 1. The highest BCUT2D eigenvalue weighted by molar-refractivity contribution is 7.91. The summed E-state index contributed by atoms with van der Waals surface area (Å²) in [7, 11) is 0. The standard InChI is InChI=1S/C22H27NO4S/c1-4-28(26)19-9-5-7-16(14-19)21(24)20-11-10-18-13-17(8-6-12-23(18)20)22(25)27-15(2)3/h5,7,9-11,13-15,17,20H,4,6,8,12H2,1-3H3. The topological polar surface area (TPSA) is 69.7 Å². The first-order valence-electron chi connectivity index (χ1n) is 9.80. The van der Waals surface area contributed by atoms with Gasteiger partial charge >= 0.3 is 5.97 Å². The van der Waals surface area contributed by atoms with Crippen LogP contribution in [0, 0.1) is 5.92 Å². The molecule has 0 N–H and O–H groups in total. The Morgan fingerprint density at radius 1 is 1.36 bits per heavy atom. The van der Waals surface area contributed by atoms with Crippen LogP contribution in [0.3, 0.4) is 0 Å². The van der Waals surface area contributed by atoms with Gasteiger partial charge in [-0.3, -0.25) is 9.59 Å². The van der Waals surface area contributed by atoms with Crippen LogP contribution < -0.4 is 0 Å². The number of esters is 1. The smallest absolute Gasteiger partial charge is 0.313 e. The van der Waals surface area contributed by atoms with Crippen molar-refractivity contribution in [1.82, 2.24) is 4.90 Å². The van der Waals surface area contributed by atoms with Crippen molar-refractivity contribution in [3.8, 4) is 0 Å². The number of carbonyl (C=O) groups is 2. The first kappa shape index (κ1) is 20.7. The van der Waals surface area contributed by atoms with E-state index in [0.29, 0.717) is 29.2 Å². The molecule has 150 valence electrons. The van der Waals surface area contributed by atoms with Crippen LogP contribution in [0.4, 0.5) is 0 Å². The van der Waals surface area contributed by atoms with E-state index in [2.05, 4.69) is 4.90 Å². The number of Topliss-reactive ketones (excluding diaryl/α,β-unsaturated/α-hetero) is 1. The van der Waals surface area contributed by atoms with Gasteiger partial charge in [0.15, 0.2) is 10.7 Å². The van der Waals surface area contributed by atoms with E-state index < -0.39 is 17.2 Å². The molecular formula is C22H27NO4S. The number of hydrogen-bond donors (Lipinski definition) is 0. The Bertz CT molecular complexity index is 801.